The summed E-state index contributed by atoms with van der Waals surface area (Å²) in [5.74, 6) is -1.02. The molecule has 0 radical (unpaired) electrons. The Morgan fingerprint density at radius 2 is 2.05 bits per heavy atom. The molecule has 0 saturated carbocycles. The van der Waals surface area contributed by atoms with E-state index in [0.29, 0.717) is 0 Å². The van der Waals surface area contributed by atoms with Crippen molar-refractivity contribution in [3.63, 3.8) is 0 Å². The van der Waals surface area contributed by atoms with E-state index >= 15 is 0 Å². The molecular weight excluding hydrogens is 294 g/mol. The molecule has 0 aromatic heterocycles. The molecule has 9 heteroatoms. The summed E-state index contributed by atoms with van der Waals surface area (Å²) >= 11 is 0. The maximum Gasteiger partial charge on any atom is 0.428 e. The zero-order valence-electron chi connectivity index (χ0n) is 12.6. The van der Waals surface area contributed by atoms with Crippen molar-refractivity contribution in [3.05, 3.63) is 27.8 Å². The molecule has 1 rings (SSSR count). The van der Waals surface area contributed by atoms with Crippen LogP contribution in [-0.2, 0) is 4.74 Å². The van der Waals surface area contributed by atoms with Gasteiger partial charge in [-0.2, -0.15) is 5.10 Å². The van der Waals surface area contributed by atoms with Crippen LogP contribution >= 0.6 is 0 Å². The average molecular weight is 310 g/mol. The molecule has 1 aromatic carbocycles. The van der Waals surface area contributed by atoms with Gasteiger partial charge < -0.3 is 14.6 Å². The number of nitrogens with one attached hydrogen (secondary N) is 1. The third kappa shape index (κ3) is 4.93. The van der Waals surface area contributed by atoms with Gasteiger partial charge in [-0.3, -0.25) is 10.1 Å². The lowest BCUT2D eigenvalue weighted by atomic mass is 10.2. The van der Waals surface area contributed by atoms with Crippen molar-refractivity contribution in [1.82, 2.24) is 5.43 Å². The first-order chi connectivity index (χ1) is 10.1. The minimum atomic E-state index is -0.829. The summed E-state index contributed by atoms with van der Waals surface area (Å²) in [6.45, 7) is 5.08. The van der Waals surface area contributed by atoms with Crippen LogP contribution in [0, 0.1) is 10.1 Å². The number of nitro benzene ring substituents is 1. The maximum atomic E-state index is 11.6. The Labute approximate surface area is 126 Å². The van der Waals surface area contributed by atoms with Crippen molar-refractivity contribution in [2.75, 3.05) is 7.11 Å². The summed E-state index contributed by atoms with van der Waals surface area (Å²) in [6.07, 6.45) is 0.365. The molecule has 0 spiro atoms. The van der Waals surface area contributed by atoms with Gasteiger partial charge in [0.05, 0.1) is 18.2 Å². The lowest BCUT2D eigenvalue weighted by Crippen LogP contribution is -2.29. The number of hydrogen-bond donors (Lipinski definition) is 1. The fourth-order valence-electron chi connectivity index (χ4n) is 1.43. The molecule has 0 aliphatic carbocycles. The molecule has 0 heterocycles. The molecular formula is C13H16N3O6-. The van der Waals surface area contributed by atoms with Crippen molar-refractivity contribution in [2.24, 2.45) is 5.10 Å². The summed E-state index contributed by atoms with van der Waals surface area (Å²) in [6, 6.07) is 2.31. The number of carbonyl (C=O) groups excluding carboxylic acids is 1. The Morgan fingerprint density at radius 3 is 2.55 bits per heavy atom. The standard InChI is InChI=1S/C13H17N3O6/c1-13(2,3)22-12(18)15-14-7-8-5-9(16(19)20)11(17)10(6-8)21-4/h5-7,17H,1-4H3,(H,15,18)/p-1/b14-7-. The molecule has 22 heavy (non-hydrogen) atoms. The molecule has 0 aliphatic heterocycles. The van der Waals surface area contributed by atoms with E-state index in [0.717, 1.165) is 12.3 Å². The number of rotatable bonds is 4. The Balaban J connectivity index is 2.90. The fourth-order valence-corrected chi connectivity index (χ4v) is 1.43. The first kappa shape index (κ1) is 17.2. The molecule has 0 unspecified atom stereocenters. The van der Waals surface area contributed by atoms with Crippen LogP contribution in [-0.4, -0.2) is 29.9 Å². The van der Waals surface area contributed by atoms with E-state index in [9.17, 15) is 20.0 Å². The van der Waals surface area contributed by atoms with E-state index < -0.39 is 28.1 Å². The maximum absolute atomic E-state index is 11.6. The third-order valence-electron chi connectivity index (χ3n) is 2.24. The zero-order chi connectivity index (χ0) is 16.9. The highest BCUT2D eigenvalue weighted by Crippen LogP contribution is 2.33. The van der Waals surface area contributed by atoms with Crippen molar-refractivity contribution < 1.29 is 24.3 Å². The van der Waals surface area contributed by atoms with Gasteiger partial charge in [-0.15, -0.1) is 0 Å². The van der Waals surface area contributed by atoms with Gasteiger partial charge >= 0.3 is 6.09 Å². The lowest BCUT2D eigenvalue weighted by Gasteiger charge is -2.18. The van der Waals surface area contributed by atoms with Crippen molar-refractivity contribution in [2.45, 2.75) is 26.4 Å². The Kier molecular flexibility index (Phi) is 5.28. The number of methoxy groups -OCH3 is 1. The summed E-state index contributed by atoms with van der Waals surface area (Å²) < 4.78 is 9.73. The predicted molar refractivity (Wildman–Crippen MR) is 76.1 cm³/mol. The van der Waals surface area contributed by atoms with Gasteiger partial charge in [0, 0.05) is 17.4 Å². The van der Waals surface area contributed by atoms with Gasteiger partial charge in [-0.25, -0.2) is 10.2 Å². The Hall–Kier alpha value is -2.84. The van der Waals surface area contributed by atoms with Crippen LogP contribution in [0.1, 0.15) is 26.3 Å². The molecule has 1 aromatic rings. The lowest BCUT2D eigenvalue weighted by molar-refractivity contribution is -0.398. The number of amides is 1. The summed E-state index contributed by atoms with van der Waals surface area (Å²) in [5, 5.41) is 26.0. The molecule has 0 bridgehead atoms. The van der Waals surface area contributed by atoms with E-state index in [-0.39, 0.29) is 11.3 Å². The highest BCUT2D eigenvalue weighted by Gasteiger charge is 2.15. The van der Waals surface area contributed by atoms with E-state index in [1.165, 1.54) is 13.2 Å². The SMILES string of the molecule is COc1cc(/C=N\NC(=O)OC(C)(C)C)cc([N+](=O)[O-])c1[O-]. The topological polar surface area (TPSA) is 126 Å². The molecule has 0 fully saturated rings. The van der Waals surface area contributed by atoms with Crippen LogP contribution in [0.25, 0.3) is 0 Å². The molecule has 0 atom stereocenters. The largest absolute Gasteiger partial charge is 0.865 e. The fraction of sp³-hybridized carbons (Fsp3) is 0.385. The minimum Gasteiger partial charge on any atom is -0.865 e. The van der Waals surface area contributed by atoms with Crippen molar-refractivity contribution in [1.29, 1.82) is 0 Å². The van der Waals surface area contributed by atoms with Gasteiger partial charge in [0.25, 0.3) is 5.69 Å². The second-order valence-electron chi connectivity index (χ2n) is 5.20. The quantitative estimate of drug-likeness (QED) is 0.510. The monoisotopic (exact) mass is 310 g/mol. The molecule has 0 aliphatic rings. The second kappa shape index (κ2) is 6.74. The van der Waals surface area contributed by atoms with Crippen molar-refractivity contribution in [3.8, 4) is 11.5 Å². The molecule has 0 saturated heterocycles. The Morgan fingerprint density at radius 1 is 1.41 bits per heavy atom. The first-order valence-corrected chi connectivity index (χ1v) is 6.19. The smallest absolute Gasteiger partial charge is 0.428 e. The number of hydrogen-bond acceptors (Lipinski definition) is 7. The normalized spacial score (nSPS) is 11.3. The van der Waals surface area contributed by atoms with E-state index in [4.69, 9.17) is 9.47 Å². The van der Waals surface area contributed by atoms with Crippen LogP contribution in [0.4, 0.5) is 10.5 Å². The number of nitro groups is 1. The molecule has 9 nitrogen and oxygen atoms in total. The average Bonchev–Trinajstić information content (AvgIpc) is 2.37. The molecule has 1 N–H and O–H groups in total. The highest BCUT2D eigenvalue weighted by atomic mass is 16.6. The number of carbonyl (C=O) groups is 1. The van der Waals surface area contributed by atoms with Gasteiger partial charge in [0.2, 0.25) is 0 Å². The van der Waals surface area contributed by atoms with Crippen LogP contribution < -0.4 is 15.3 Å². The van der Waals surface area contributed by atoms with Crippen molar-refractivity contribution >= 4 is 18.0 Å². The summed E-state index contributed by atoms with van der Waals surface area (Å²) in [7, 11) is 1.22. The predicted octanol–water partition coefficient (Wildman–Crippen LogP) is 1.54. The van der Waals surface area contributed by atoms with Gasteiger partial charge in [0.1, 0.15) is 11.4 Å². The van der Waals surface area contributed by atoms with E-state index in [1.54, 1.807) is 20.8 Å². The van der Waals surface area contributed by atoms with Crippen LogP contribution in [0.15, 0.2) is 17.2 Å². The minimum absolute atomic E-state index is 0.187. The van der Waals surface area contributed by atoms with Gasteiger partial charge in [0.15, 0.2) is 0 Å². The summed E-state index contributed by atoms with van der Waals surface area (Å²) in [5.41, 5.74) is 1.01. The highest BCUT2D eigenvalue weighted by molar-refractivity contribution is 5.83. The first-order valence-electron chi connectivity index (χ1n) is 6.19. The summed E-state index contributed by atoms with van der Waals surface area (Å²) in [4.78, 5) is 21.4. The van der Waals surface area contributed by atoms with Crippen LogP contribution in [0.2, 0.25) is 0 Å². The number of hydrazone groups is 1. The zero-order valence-corrected chi connectivity index (χ0v) is 12.6. The van der Waals surface area contributed by atoms with Crippen LogP contribution in [0.3, 0.4) is 0 Å². The Bertz CT molecular complexity index is 607. The van der Waals surface area contributed by atoms with Gasteiger partial charge in [-0.1, -0.05) is 0 Å². The number of nitrogens with zero attached hydrogens (tertiary/aromatic N) is 2. The molecule has 120 valence electrons. The molecule has 1 amide bonds. The number of ether oxygens (including phenoxy) is 2. The van der Waals surface area contributed by atoms with E-state index in [2.05, 4.69) is 10.5 Å². The second-order valence-corrected chi connectivity index (χ2v) is 5.20. The van der Waals surface area contributed by atoms with E-state index in [1.807, 2.05) is 0 Å². The van der Waals surface area contributed by atoms with Gasteiger partial charge in [-0.05, 0) is 26.8 Å². The number of benzene rings is 1. The van der Waals surface area contributed by atoms with Crippen LogP contribution in [0.5, 0.6) is 11.5 Å². The third-order valence-corrected chi connectivity index (χ3v) is 2.24.